The zero-order valence-corrected chi connectivity index (χ0v) is 29.8. The number of methoxy groups -OCH3 is 1. The second kappa shape index (κ2) is 17.1. The van der Waals surface area contributed by atoms with E-state index in [2.05, 4.69) is 25.1 Å². The number of hydrogen-bond donors (Lipinski definition) is 5. The average molecular weight is 703 g/mol. The Balaban J connectivity index is 1.95. The maximum atomic E-state index is 14.6. The van der Waals surface area contributed by atoms with Crippen molar-refractivity contribution in [3.8, 4) is 5.88 Å². The minimum absolute atomic E-state index is 0.0211. The van der Waals surface area contributed by atoms with Gasteiger partial charge in [0.25, 0.3) is 0 Å². The smallest absolute Gasteiger partial charge is 0.349 e. The summed E-state index contributed by atoms with van der Waals surface area (Å²) in [5, 5.41) is 28.2. The fourth-order valence-corrected chi connectivity index (χ4v) is 7.09. The largest absolute Gasteiger partial charge is 0.479 e. The predicted molar refractivity (Wildman–Crippen MR) is 174 cm³/mol. The Bertz CT molecular complexity index is 1440. The number of aliphatic hydroxyl groups is 2. The summed E-state index contributed by atoms with van der Waals surface area (Å²) in [6, 6.07) is -2.16. The first-order valence-electron chi connectivity index (χ1n) is 16.3. The molecule has 1 fully saturated rings. The van der Waals surface area contributed by atoms with Gasteiger partial charge in [0.1, 0.15) is 35.5 Å². The average Bonchev–Trinajstić information content (AvgIpc) is 3.52. The van der Waals surface area contributed by atoms with E-state index in [-0.39, 0.29) is 54.9 Å². The number of H-pyrrole nitrogens is 1. The molecule has 3 rings (SSSR count). The number of rotatable bonds is 19. The van der Waals surface area contributed by atoms with Gasteiger partial charge in [-0.15, -0.1) is 0 Å². The molecule has 0 spiro atoms. The summed E-state index contributed by atoms with van der Waals surface area (Å²) in [5.41, 5.74) is -2.40. The number of esters is 2. The number of ether oxygens (including phenoxy) is 4. The Morgan fingerprint density at radius 2 is 1.62 bits per heavy atom. The van der Waals surface area contributed by atoms with Crippen LogP contribution in [0.15, 0.2) is 11.1 Å². The molecule has 5 N–H and O–H groups in total. The van der Waals surface area contributed by atoms with Gasteiger partial charge >= 0.3 is 25.3 Å². The van der Waals surface area contributed by atoms with Crippen molar-refractivity contribution in [2.24, 2.45) is 11.8 Å². The number of nitrogens with zero attached hydrogens (tertiary/aromatic N) is 3. The van der Waals surface area contributed by atoms with Crippen LogP contribution < -0.4 is 20.6 Å². The highest BCUT2D eigenvalue weighted by Gasteiger charge is 2.54. The number of carbonyl (C=O) groups is 2. The summed E-state index contributed by atoms with van der Waals surface area (Å²) >= 11 is 0. The van der Waals surface area contributed by atoms with Gasteiger partial charge in [0.15, 0.2) is 11.7 Å². The van der Waals surface area contributed by atoms with Gasteiger partial charge in [-0.25, -0.2) is 20.0 Å². The Hall–Kier alpha value is -2.92. The number of imidazole rings is 1. The third-order valence-electron chi connectivity index (χ3n) is 7.58. The Morgan fingerprint density at radius 1 is 1.08 bits per heavy atom. The third kappa shape index (κ3) is 9.83. The molecule has 2 aromatic rings. The molecule has 1 aliphatic rings. The van der Waals surface area contributed by atoms with Crippen molar-refractivity contribution in [1.82, 2.24) is 29.7 Å². The van der Waals surface area contributed by atoms with Gasteiger partial charge in [-0.1, -0.05) is 41.5 Å². The lowest BCUT2D eigenvalue weighted by Gasteiger charge is -2.30. The second-order valence-electron chi connectivity index (χ2n) is 12.9. The highest BCUT2D eigenvalue weighted by Crippen LogP contribution is 2.44. The highest BCUT2D eigenvalue weighted by molar-refractivity contribution is 7.54. The van der Waals surface area contributed by atoms with Crippen LogP contribution in [-0.2, 0) is 32.9 Å². The van der Waals surface area contributed by atoms with Crippen molar-refractivity contribution in [3.63, 3.8) is 0 Å². The zero-order valence-electron chi connectivity index (χ0n) is 28.9. The first kappa shape index (κ1) is 39.5. The van der Waals surface area contributed by atoms with Crippen LogP contribution in [0.2, 0.25) is 0 Å². The van der Waals surface area contributed by atoms with Crippen LogP contribution in [-0.4, -0.2) is 98.5 Å². The van der Waals surface area contributed by atoms with E-state index in [1.165, 1.54) is 24.9 Å². The monoisotopic (exact) mass is 702 g/mol. The molecule has 272 valence electrons. The Labute approximate surface area is 280 Å². The predicted octanol–water partition coefficient (Wildman–Crippen LogP) is 2.18. The zero-order chi connectivity index (χ0) is 35.8. The van der Waals surface area contributed by atoms with E-state index < -0.39 is 68.0 Å². The van der Waals surface area contributed by atoms with E-state index in [0.29, 0.717) is 12.8 Å². The molecule has 18 heteroatoms. The number of aromatic nitrogens is 4. The van der Waals surface area contributed by atoms with Crippen LogP contribution in [0, 0.1) is 11.8 Å². The van der Waals surface area contributed by atoms with Gasteiger partial charge < -0.3 is 33.7 Å². The molecule has 0 amide bonds. The topological polar surface area (TPSA) is 225 Å². The molecule has 0 radical (unpaired) electrons. The lowest BCUT2D eigenvalue weighted by atomic mass is 9.96. The molecule has 2 unspecified atom stereocenters. The molecule has 2 aromatic heterocycles. The fraction of sp³-hybridized carbons (Fsp3) is 0.767. The Morgan fingerprint density at radius 3 is 2.10 bits per heavy atom. The van der Waals surface area contributed by atoms with E-state index in [4.69, 9.17) is 23.5 Å². The van der Waals surface area contributed by atoms with Crippen molar-refractivity contribution < 1.29 is 47.8 Å². The van der Waals surface area contributed by atoms with Gasteiger partial charge in [-0.3, -0.25) is 23.7 Å². The third-order valence-corrected chi connectivity index (χ3v) is 9.39. The van der Waals surface area contributed by atoms with Crippen LogP contribution in [0.3, 0.4) is 0 Å². The summed E-state index contributed by atoms with van der Waals surface area (Å²) in [5.74, 6) is -1.38. The van der Waals surface area contributed by atoms with Crippen LogP contribution >= 0.6 is 7.67 Å². The van der Waals surface area contributed by atoms with Crippen molar-refractivity contribution in [2.45, 2.75) is 110 Å². The fourth-order valence-electron chi connectivity index (χ4n) is 5.27. The van der Waals surface area contributed by atoms with E-state index in [1.807, 2.05) is 41.5 Å². The van der Waals surface area contributed by atoms with Crippen LogP contribution in [0.4, 0.5) is 0 Å². The Kier molecular flexibility index (Phi) is 14.1. The van der Waals surface area contributed by atoms with Crippen molar-refractivity contribution in [2.75, 3.05) is 26.9 Å². The van der Waals surface area contributed by atoms with Gasteiger partial charge in [0.05, 0.1) is 33.3 Å². The number of carbonyl (C=O) groups excluding carboxylic acids is 2. The van der Waals surface area contributed by atoms with Crippen molar-refractivity contribution in [3.05, 3.63) is 16.8 Å². The normalized spacial score (nSPS) is 22.7. The standard InChI is InChI=1S/C30H51N6O11P/c1-9-11-44-26(38)19(13-17(3)4)34-48(42,35-20(14-18(5)6)27(39)45-12-10-2)46-15-21-23(37)30(7,41)28(47-21)36-16-31-22-24(36)32-29(40)33-25(22)43-8/h16-21,23,28,37,41H,9-15H2,1-8H3,(H,32,33,40)(H2,34,35,42)/t19-,20-,21+,23?,28+,30?/m0/s1. The molecule has 6 atom stereocenters. The quantitative estimate of drug-likeness (QED) is 0.104. The van der Waals surface area contributed by atoms with Gasteiger partial charge in [-0.05, 0) is 44.4 Å². The molecule has 48 heavy (non-hydrogen) atoms. The van der Waals surface area contributed by atoms with E-state index in [1.54, 1.807) is 0 Å². The summed E-state index contributed by atoms with van der Waals surface area (Å²) in [7, 11) is -3.02. The molecule has 0 saturated carbocycles. The molecule has 17 nitrogen and oxygen atoms in total. The lowest BCUT2D eigenvalue weighted by Crippen LogP contribution is -2.47. The minimum Gasteiger partial charge on any atom is -0.479 e. The number of aliphatic hydroxyl groups excluding tert-OH is 1. The molecular weight excluding hydrogens is 651 g/mol. The number of fused-ring (bicyclic) bond motifs is 1. The summed E-state index contributed by atoms with van der Waals surface area (Å²) in [6.07, 6.45) is -1.27. The molecule has 0 aromatic carbocycles. The van der Waals surface area contributed by atoms with Crippen LogP contribution in [0.5, 0.6) is 5.88 Å². The van der Waals surface area contributed by atoms with Gasteiger partial charge in [-0.2, -0.15) is 4.98 Å². The first-order valence-corrected chi connectivity index (χ1v) is 17.9. The SMILES string of the molecule is CCCOC(=O)[C@H](CC(C)C)NP(=O)(N[C@@H](CC(C)C)C(=O)OCCC)OC[C@H]1O[C@@H](n2cnc3c(OC)nc(=O)[nH]c32)C(C)(O)C1O. The molecule has 0 bridgehead atoms. The maximum Gasteiger partial charge on any atom is 0.349 e. The number of nitrogens with one attached hydrogen (secondary N) is 3. The highest BCUT2D eigenvalue weighted by atomic mass is 31.2. The van der Waals surface area contributed by atoms with E-state index in [0.717, 1.165) is 0 Å². The second-order valence-corrected chi connectivity index (χ2v) is 14.8. The summed E-state index contributed by atoms with van der Waals surface area (Å²) in [6.45, 7) is 12.3. The van der Waals surface area contributed by atoms with Crippen LogP contribution in [0.1, 0.15) is 80.4 Å². The van der Waals surface area contributed by atoms with Crippen molar-refractivity contribution >= 4 is 30.8 Å². The van der Waals surface area contributed by atoms with Gasteiger partial charge in [0.2, 0.25) is 5.88 Å². The molecular formula is C30H51N6O11P. The minimum atomic E-state index is -4.34. The number of aromatic amines is 1. The van der Waals surface area contributed by atoms with E-state index in [9.17, 15) is 29.2 Å². The van der Waals surface area contributed by atoms with E-state index >= 15 is 0 Å². The van der Waals surface area contributed by atoms with Crippen LogP contribution in [0.25, 0.3) is 11.2 Å². The molecule has 1 aliphatic heterocycles. The molecule has 0 aliphatic carbocycles. The molecule has 1 saturated heterocycles. The first-order chi connectivity index (χ1) is 22.6. The maximum absolute atomic E-state index is 14.6. The van der Waals surface area contributed by atoms with Crippen molar-refractivity contribution in [1.29, 1.82) is 0 Å². The lowest BCUT2D eigenvalue weighted by molar-refractivity contribution is -0.146. The van der Waals surface area contributed by atoms with Gasteiger partial charge in [0, 0.05) is 0 Å². The summed E-state index contributed by atoms with van der Waals surface area (Å²) < 4.78 is 43.8. The number of hydrogen-bond acceptors (Lipinski definition) is 13. The molecule has 3 heterocycles. The summed E-state index contributed by atoms with van der Waals surface area (Å²) in [4.78, 5) is 48.8.